The topological polar surface area (TPSA) is 58.6 Å². The molecule has 22 heavy (non-hydrogen) atoms. The fraction of sp³-hybridized carbons (Fsp3) is 0.688. The molecule has 3 heterocycles. The summed E-state index contributed by atoms with van der Waals surface area (Å²) in [5, 5.41) is 0. The third-order valence-corrected chi connectivity index (χ3v) is 4.61. The lowest BCUT2D eigenvalue weighted by atomic mass is 9.94. The van der Waals surface area contributed by atoms with Crippen molar-refractivity contribution in [2.75, 3.05) is 31.1 Å². The highest BCUT2D eigenvalue weighted by Gasteiger charge is 2.34. The van der Waals surface area contributed by atoms with E-state index in [9.17, 15) is 4.79 Å². The minimum absolute atomic E-state index is 0.126. The number of hydrogen-bond acceptors (Lipinski definition) is 5. The molecule has 1 amide bonds. The molecule has 0 aromatic carbocycles. The molecule has 2 aliphatic rings. The predicted molar refractivity (Wildman–Crippen MR) is 83.6 cm³/mol. The molecule has 0 spiro atoms. The van der Waals surface area contributed by atoms with Crippen LogP contribution < -0.4 is 4.90 Å². The van der Waals surface area contributed by atoms with Gasteiger partial charge < -0.3 is 14.5 Å². The number of carbonyl (C=O) groups is 1. The van der Waals surface area contributed by atoms with Gasteiger partial charge >= 0.3 is 0 Å². The molecule has 2 atom stereocenters. The Kier molecular flexibility index (Phi) is 4.57. The summed E-state index contributed by atoms with van der Waals surface area (Å²) in [5.74, 6) is 1.32. The van der Waals surface area contributed by atoms with Gasteiger partial charge in [-0.15, -0.1) is 0 Å². The quantitative estimate of drug-likeness (QED) is 0.825. The van der Waals surface area contributed by atoms with E-state index in [0.717, 1.165) is 31.7 Å². The van der Waals surface area contributed by atoms with Crippen molar-refractivity contribution in [1.82, 2.24) is 14.9 Å². The van der Waals surface area contributed by atoms with Crippen molar-refractivity contribution < 1.29 is 9.53 Å². The molecule has 3 rings (SSSR count). The van der Waals surface area contributed by atoms with E-state index >= 15 is 0 Å². The van der Waals surface area contributed by atoms with Gasteiger partial charge in [0.2, 0.25) is 5.91 Å². The second-order valence-corrected chi connectivity index (χ2v) is 6.31. The largest absolute Gasteiger partial charge is 0.375 e. The van der Waals surface area contributed by atoms with Gasteiger partial charge in [0.05, 0.1) is 24.9 Å². The van der Waals surface area contributed by atoms with Gasteiger partial charge in [-0.25, -0.2) is 4.98 Å². The first-order valence-corrected chi connectivity index (χ1v) is 8.08. The number of amides is 1. The summed E-state index contributed by atoms with van der Waals surface area (Å²) in [6.45, 7) is 7.18. The van der Waals surface area contributed by atoms with E-state index in [4.69, 9.17) is 4.74 Å². The Bertz CT molecular complexity index is 502. The van der Waals surface area contributed by atoms with Crippen LogP contribution in [0.4, 0.5) is 5.82 Å². The number of morpholine rings is 1. The zero-order valence-corrected chi connectivity index (χ0v) is 13.3. The van der Waals surface area contributed by atoms with Gasteiger partial charge in [0.25, 0.3) is 0 Å². The van der Waals surface area contributed by atoms with Gasteiger partial charge in [-0.3, -0.25) is 9.78 Å². The Morgan fingerprint density at radius 1 is 1.27 bits per heavy atom. The number of nitrogens with zero attached hydrogens (tertiary/aromatic N) is 4. The molecule has 6 nitrogen and oxygen atoms in total. The van der Waals surface area contributed by atoms with Crippen LogP contribution in [0.25, 0.3) is 0 Å². The van der Waals surface area contributed by atoms with Gasteiger partial charge in [0.1, 0.15) is 5.82 Å². The monoisotopic (exact) mass is 304 g/mol. The highest BCUT2D eigenvalue weighted by atomic mass is 16.5. The van der Waals surface area contributed by atoms with Crippen LogP contribution in [-0.4, -0.2) is 59.2 Å². The first-order chi connectivity index (χ1) is 10.6. The summed E-state index contributed by atoms with van der Waals surface area (Å²) < 4.78 is 5.62. The summed E-state index contributed by atoms with van der Waals surface area (Å²) >= 11 is 0. The average molecular weight is 304 g/mol. The minimum atomic E-state index is 0.126. The predicted octanol–water partition coefficient (Wildman–Crippen LogP) is 1.33. The molecule has 2 saturated heterocycles. The molecule has 6 heteroatoms. The van der Waals surface area contributed by atoms with Crippen molar-refractivity contribution in [3.63, 3.8) is 0 Å². The second kappa shape index (κ2) is 6.60. The van der Waals surface area contributed by atoms with E-state index in [0.29, 0.717) is 19.1 Å². The van der Waals surface area contributed by atoms with E-state index in [1.165, 1.54) is 0 Å². The summed E-state index contributed by atoms with van der Waals surface area (Å²) in [7, 11) is 0. The van der Waals surface area contributed by atoms with Crippen molar-refractivity contribution in [2.45, 2.75) is 38.8 Å². The molecule has 2 fully saturated rings. The Balaban J connectivity index is 1.58. The first-order valence-electron chi connectivity index (χ1n) is 8.08. The van der Waals surface area contributed by atoms with Crippen molar-refractivity contribution in [3.8, 4) is 0 Å². The third-order valence-electron chi connectivity index (χ3n) is 4.61. The van der Waals surface area contributed by atoms with E-state index in [1.807, 2.05) is 11.8 Å². The first kappa shape index (κ1) is 15.2. The summed E-state index contributed by atoms with van der Waals surface area (Å²) in [5.41, 5.74) is 0. The summed E-state index contributed by atoms with van der Waals surface area (Å²) in [6, 6.07) is 0.182. The van der Waals surface area contributed by atoms with Crippen LogP contribution >= 0.6 is 0 Å². The maximum atomic E-state index is 12.8. The molecule has 1 aromatic rings. The number of rotatable bonds is 2. The van der Waals surface area contributed by atoms with E-state index < -0.39 is 0 Å². The van der Waals surface area contributed by atoms with E-state index in [-0.39, 0.29) is 18.1 Å². The lowest BCUT2D eigenvalue weighted by Crippen LogP contribution is -2.53. The van der Waals surface area contributed by atoms with Gasteiger partial charge in [-0.1, -0.05) is 0 Å². The Hall–Kier alpha value is -1.69. The van der Waals surface area contributed by atoms with Gasteiger partial charge in [0.15, 0.2) is 0 Å². The van der Waals surface area contributed by atoms with E-state index in [1.54, 1.807) is 18.6 Å². The highest BCUT2D eigenvalue weighted by molar-refractivity contribution is 5.79. The van der Waals surface area contributed by atoms with Crippen molar-refractivity contribution >= 4 is 11.7 Å². The Labute approximate surface area is 131 Å². The average Bonchev–Trinajstić information content (AvgIpc) is 2.57. The standard InChI is InChI=1S/C16H24N4O2/c1-12-11-22-13(2)10-20(12)16(21)14-3-7-19(8-4-14)15-9-17-5-6-18-15/h5-6,9,12-14H,3-4,7-8,10-11H2,1-2H3. The van der Waals surface area contributed by atoms with Crippen LogP contribution in [0.5, 0.6) is 0 Å². The minimum Gasteiger partial charge on any atom is -0.375 e. The van der Waals surface area contributed by atoms with Crippen LogP contribution in [0.3, 0.4) is 0 Å². The molecular formula is C16H24N4O2. The number of hydrogen-bond donors (Lipinski definition) is 0. The normalized spacial score (nSPS) is 27.0. The molecule has 2 aliphatic heterocycles. The SMILES string of the molecule is CC1CN(C(=O)C2CCN(c3cnccn3)CC2)C(C)CO1. The van der Waals surface area contributed by atoms with Gasteiger partial charge in [0, 0.05) is 37.9 Å². The molecular weight excluding hydrogens is 280 g/mol. The van der Waals surface area contributed by atoms with Crippen LogP contribution in [0.15, 0.2) is 18.6 Å². The molecule has 1 aromatic heterocycles. The maximum Gasteiger partial charge on any atom is 0.226 e. The van der Waals surface area contributed by atoms with Crippen LogP contribution in [-0.2, 0) is 9.53 Å². The fourth-order valence-corrected chi connectivity index (χ4v) is 3.25. The zero-order valence-electron chi connectivity index (χ0n) is 13.3. The van der Waals surface area contributed by atoms with Gasteiger partial charge in [-0.05, 0) is 26.7 Å². The van der Waals surface area contributed by atoms with Crippen molar-refractivity contribution in [3.05, 3.63) is 18.6 Å². The number of aromatic nitrogens is 2. The van der Waals surface area contributed by atoms with Crippen LogP contribution in [0, 0.1) is 5.92 Å². The molecule has 2 unspecified atom stereocenters. The number of piperidine rings is 1. The summed E-state index contributed by atoms with van der Waals surface area (Å²) in [6.07, 6.45) is 7.08. The molecule has 120 valence electrons. The molecule has 0 bridgehead atoms. The van der Waals surface area contributed by atoms with Crippen molar-refractivity contribution in [2.24, 2.45) is 5.92 Å². The third kappa shape index (κ3) is 3.21. The highest BCUT2D eigenvalue weighted by Crippen LogP contribution is 2.25. The van der Waals surface area contributed by atoms with Gasteiger partial charge in [-0.2, -0.15) is 0 Å². The molecule has 0 aliphatic carbocycles. The summed E-state index contributed by atoms with van der Waals surface area (Å²) in [4.78, 5) is 25.4. The lowest BCUT2D eigenvalue weighted by molar-refractivity contribution is -0.148. The van der Waals surface area contributed by atoms with Crippen LogP contribution in [0.2, 0.25) is 0 Å². The number of anilines is 1. The van der Waals surface area contributed by atoms with E-state index in [2.05, 4.69) is 21.8 Å². The Morgan fingerprint density at radius 3 is 2.73 bits per heavy atom. The van der Waals surface area contributed by atoms with Crippen molar-refractivity contribution in [1.29, 1.82) is 0 Å². The fourth-order valence-electron chi connectivity index (χ4n) is 3.25. The smallest absolute Gasteiger partial charge is 0.226 e. The number of carbonyl (C=O) groups excluding carboxylic acids is 1. The molecule has 0 saturated carbocycles. The van der Waals surface area contributed by atoms with Crippen LogP contribution in [0.1, 0.15) is 26.7 Å². The number of ether oxygens (including phenoxy) is 1. The molecule has 0 radical (unpaired) electrons. The Morgan fingerprint density at radius 2 is 2.05 bits per heavy atom. The zero-order chi connectivity index (χ0) is 15.5. The second-order valence-electron chi connectivity index (χ2n) is 6.31. The maximum absolute atomic E-state index is 12.8. The lowest BCUT2D eigenvalue weighted by Gasteiger charge is -2.40. The molecule has 0 N–H and O–H groups in total.